The summed E-state index contributed by atoms with van der Waals surface area (Å²) in [4.78, 5) is 31.6. The lowest BCUT2D eigenvalue weighted by atomic mass is 10.1. The molecule has 0 aliphatic heterocycles. The molecule has 14 heteroatoms. The first kappa shape index (κ1) is 17.2. The SMILES string of the molecule is O=C(Nc1nnc(C(F)(F)F)s1)c1ccc([N+](=O)[O-])cc1[N+](=O)[O-]. The first-order chi connectivity index (χ1) is 11.1. The van der Waals surface area contributed by atoms with Crippen molar-refractivity contribution in [3.05, 3.63) is 49.0 Å². The van der Waals surface area contributed by atoms with Crippen LogP contribution in [0, 0.1) is 20.2 Å². The van der Waals surface area contributed by atoms with Crippen molar-refractivity contribution >= 4 is 33.8 Å². The number of amides is 1. The first-order valence-electron chi connectivity index (χ1n) is 5.74. The quantitative estimate of drug-likeness (QED) is 0.650. The van der Waals surface area contributed by atoms with E-state index in [1.165, 1.54) is 0 Å². The second-order valence-corrected chi connectivity index (χ2v) is 5.06. The van der Waals surface area contributed by atoms with E-state index in [1.54, 1.807) is 0 Å². The van der Waals surface area contributed by atoms with E-state index in [9.17, 15) is 38.2 Å². The number of nitrogens with zero attached hydrogens (tertiary/aromatic N) is 4. The molecule has 2 rings (SSSR count). The van der Waals surface area contributed by atoms with Gasteiger partial charge in [-0.2, -0.15) is 13.2 Å². The van der Waals surface area contributed by atoms with Crippen LogP contribution in [0.5, 0.6) is 0 Å². The molecule has 0 radical (unpaired) electrons. The molecule has 2 aromatic rings. The highest BCUT2D eigenvalue weighted by atomic mass is 32.1. The van der Waals surface area contributed by atoms with Crippen molar-refractivity contribution < 1.29 is 27.8 Å². The predicted molar refractivity (Wildman–Crippen MR) is 72.6 cm³/mol. The van der Waals surface area contributed by atoms with Crippen molar-refractivity contribution in [3.8, 4) is 0 Å². The van der Waals surface area contributed by atoms with E-state index in [4.69, 9.17) is 0 Å². The lowest BCUT2D eigenvalue weighted by molar-refractivity contribution is -0.394. The Labute approximate surface area is 133 Å². The van der Waals surface area contributed by atoms with Crippen LogP contribution in [0.2, 0.25) is 0 Å². The third-order valence-corrected chi connectivity index (χ3v) is 3.40. The van der Waals surface area contributed by atoms with Crippen LogP contribution in [0.3, 0.4) is 0 Å². The van der Waals surface area contributed by atoms with Gasteiger partial charge in [0, 0.05) is 6.07 Å². The van der Waals surface area contributed by atoms with Crippen molar-refractivity contribution in [1.29, 1.82) is 0 Å². The molecule has 10 nitrogen and oxygen atoms in total. The molecule has 0 spiro atoms. The average Bonchev–Trinajstić information content (AvgIpc) is 2.95. The molecule has 0 bridgehead atoms. The maximum Gasteiger partial charge on any atom is 0.445 e. The molecule has 0 aliphatic carbocycles. The molecule has 1 aromatic heterocycles. The van der Waals surface area contributed by atoms with E-state index in [0.717, 1.165) is 12.1 Å². The third kappa shape index (κ3) is 3.60. The van der Waals surface area contributed by atoms with E-state index >= 15 is 0 Å². The number of benzene rings is 1. The molecule has 0 aliphatic rings. The number of anilines is 1. The van der Waals surface area contributed by atoms with Crippen LogP contribution < -0.4 is 5.32 Å². The molecule has 0 saturated heterocycles. The number of halogens is 3. The summed E-state index contributed by atoms with van der Waals surface area (Å²) in [5.74, 6) is -1.15. The maximum atomic E-state index is 12.4. The number of nitro groups is 2. The van der Waals surface area contributed by atoms with Gasteiger partial charge in [0.25, 0.3) is 17.3 Å². The van der Waals surface area contributed by atoms with Gasteiger partial charge >= 0.3 is 6.18 Å². The number of alkyl halides is 3. The number of non-ortho nitro benzene ring substituents is 1. The van der Waals surface area contributed by atoms with Gasteiger partial charge in [-0.05, 0) is 6.07 Å². The van der Waals surface area contributed by atoms with Crippen molar-refractivity contribution in [1.82, 2.24) is 10.2 Å². The molecule has 0 saturated carbocycles. The highest BCUT2D eigenvalue weighted by Gasteiger charge is 2.36. The molecular weight excluding hydrogens is 359 g/mol. The fourth-order valence-electron chi connectivity index (χ4n) is 1.53. The van der Waals surface area contributed by atoms with E-state index in [0.29, 0.717) is 6.07 Å². The summed E-state index contributed by atoms with van der Waals surface area (Å²) < 4.78 is 37.2. The van der Waals surface area contributed by atoms with Gasteiger partial charge in [-0.15, -0.1) is 10.2 Å². The molecule has 0 unspecified atom stereocenters. The zero-order chi connectivity index (χ0) is 18.1. The molecule has 126 valence electrons. The van der Waals surface area contributed by atoms with E-state index < -0.39 is 49.0 Å². The van der Waals surface area contributed by atoms with Crippen LogP contribution >= 0.6 is 11.3 Å². The second kappa shape index (κ2) is 6.15. The van der Waals surface area contributed by atoms with Crippen LogP contribution in [0.25, 0.3) is 0 Å². The number of aromatic nitrogens is 2. The Morgan fingerprint density at radius 2 is 1.83 bits per heavy atom. The number of nitrogens with one attached hydrogen (secondary N) is 1. The van der Waals surface area contributed by atoms with Gasteiger partial charge in [0.15, 0.2) is 0 Å². The van der Waals surface area contributed by atoms with Gasteiger partial charge in [0.2, 0.25) is 10.1 Å². The topological polar surface area (TPSA) is 141 Å². The van der Waals surface area contributed by atoms with Gasteiger partial charge < -0.3 is 0 Å². The minimum atomic E-state index is -4.75. The van der Waals surface area contributed by atoms with Gasteiger partial charge in [0.1, 0.15) is 5.56 Å². The van der Waals surface area contributed by atoms with Crippen LogP contribution in [-0.2, 0) is 6.18 Å². The van der Waals surface area contributed by atoms with Crippen molar-refractivity contribution in [2.45, 2.75) is 6.18 Å². The van der Waals surface area contributed by atoms with Crippen molar-refractivity contribution in [2.75, 3.05) is 5.32 Å². The summed E-state index contributed by atoms with van der Waals surface area (Å²) in [5, 5.41) is 27.6. The molecule has 0 atom stereocenters. The fourth-order valence-corrected chi connectivity index (χ4v) is 2.14. The van der Waals surface area contributed by atoms with Crippen molar-refractivity contribution in [3.63, 3.8) is 0 Å². The Balaban J connectivity index is 2.31. The molecule has 1 heterocycles. The number of hydrogen-bond acceptors (Lipinski definition) is 8. The van der Waals surface area contributed by atoms with Gasteiger partial charge in [-0.25, -0.2) is 0 Å². The minimum Gasteiger partial charge on any atom is -0.296 e. The lowest BCUT2D eigenvalue weighted by Crippen LogP contribution is -2.14. The Morgan fingerprint density at radius 1 is 1.17 bits per heavy atom. The molecule has 24 heavy (non-hydrogen) atoms. The second-order valence-electron chi connectivity index (χ2n) is 4.08. The smallest absolute Gasteiger partial charge is 0.296 e. The van der Waals surface area contributed by atoms with E-state index in [-0.39, 0.29) is 11.3 Å². The zero-order valence-electron chi connectivity index (χ0n) is 11.1. The Morgan fingerprint density at radius 3 is 2.33 bits per heavy atom. The van der Waals surface area contributed by atoms with Gasteiger partial charge in [-0.3, -0.25) is 30.3 Å². The van der Waals surface area contributed by atoms with Crippen LogP contribution in [0.4, 0.5) is 29.7 Å². The molecular formula is C10H4F3N5O5S. The molecule has 1 amide bonds. The molecule has 1 aromatic carbocycles. The number of carbonyl (C=O) groups is 1. The summed E-state index contributed by atoms with van der Waals surface area (Å²) >= 11 is 0.0279. The molecule has 0 fully saturated rings. The molecule has 1 N–H and O–H groups in total. The zero-order valence-corrected chi connectivity index (χ0v) is 11.9. The number of hydrogen-bond donors (Lipinski definition) is 1. The summed E-state index contributed by atoms with van der Waals surface area (Å²) in [6.07, 6.45) is -4.75. The highest BCUT2D eigenvalue weighted by molar-refractivity contribution is 7.15. The maximum absolute atomic E-state index is 12.4. The predicted octanol–water partition coefficient (Wildman–Crippen LogP) is 2.63. The summed E-state index contributed by atoms with van der Waals surface area (Å²) in [5.41, 5.74) is -2.06. The van der Waals surface area contributed by atoms with E-state index in [1.807, 2.05) is 5.32 Å². The van der Waals surface area contributed by atoms with Gasteiger partial charge in [0.05, 0.1) is 15.9 Å². The monoisotopic (exact) mass is 363 g/mol. The lowest BCUT2D eigenvalue weighted by Gasteiger charge is -2.02. The number of rotatable bonds is 4. The number of nitro benzene ring substituents is 2. The first-order valence-corrected chi connectivity index (χ1v) is 6.56. The summed E-state index contributed by atoms with van der Waals surface area (Å²) in [6, 6.07) is 2.23. The summed E-state index contributed by atoms with van der Waals surface area (Å²) in [6.45, 7) is 0. The Hall–Kier alpha value is -3.16. The fraction of sp³-hybridized carbons (Fsp3) is 0.100. The highest BCUT2D eigenvalue weighted by Crippen LogP contribution is 2.33. The average molecular weight is 363 g/mol. The number of carbonyl (C=O) groups excluding carboxylic acids is 1. The Kier molecular flexibility index (Phi) is 4.41. The van der Waals surface area contributed by atoms with Gasteiger partial charge in [-0.1, -0.05) is 11.3 Å². The van der Waals surface area contributed by atoms with Crippen molar-refractivity contribution in [2.24, 2.45) is 0 Å². The summed E-state index contributed by atoms with van der Waals surface area (Å²) in [7, 11) is 0. The van der Waals surface area contributed by atoms with Crippen LogP contribution in [0.1, 0.15) is 15.4 Å². The van der Waals surface area contributed by atoms with E-state index in [2.05, 4.69) is 10.2 Å². The minimum absolute atomic E-state index is 0.0279. The van der Waals surface area contributed by atoms with Crippen LogP contribution in [-0.4, -0.2) is 26.0 Å². The normalized spacial score (nSPS) is 11.1. The largest absolute Gasteiger partial charge is 0.445 e. The third-order valence-electron chi connectivity index (χ3n) is 2.52. The van der Waals surface area contributed by atoms with Crippen LogP contribution in [0.15, 0.2) is 18.2 Å². The standard InChI is InChI=1S/C10H4F3N5O5S/c11-10(12,13)8-15-16-9(24-8)14-7(19)5-2-1-4(17(20)21)3-6(5)18(22)23/h1-3H,(H,14,16,19). The Bertz CT molecular complexity index is 837.